The number of nitrogens with one attached hydrogen (secondary N) is 1. The molecule has 1 saturated heterocycles. The zero-order valence-electron chi connectivity index (χ0n) is 10.7. The predicted octanol–water partition coefficient (Wildman–Crippen LogP) is 3.90. The maximum atomic E-state index is 13.7. The van der Waals surface area contributed by atoms with Crippen molar-refractivity contribution in [2.45, 2.75) is 44.0 Å². The Kier molecular flexibility index (Phi) is 4.62. The average Bonchev–Trinajstić information content (AvgIpc) is 2.32. The van der Waals surface area contributed by atoms with Crippen molar-refractivity contribution in [2.75, 3.05) is 5.75 Å². The van der Waals surface area contributed by atoms with E-state index < -0.39 is 11.6 Å². The highest BCUT2D eigenvalue weighted by atomic mass is 32.2. The minimum absolute atomic E-state index is 0.153. The first-order valence-electron chi connectivity index (χ1n) is 6.41. The molecule has 3 atom stereocenters. The largest absolute Gasteiger partial charge is 0.306 e. The maximum Gasteiger partial charge on any atom is 0.130 e. The Hall–Kier alpha value is -0.610. The molecule has 0 aromatic heterocycles. The number of hydrogen-bond acceptors (Lipinski definition) is 2. The molecule has 1 fully saturated rings. The van der Waals surface area contributed by atoms with Gasteiger partial charge in [-0.15, -0.1) is 0 Å². The van der Waals surface area contributed by atoms with Gasteiger partial charge in [-0.25, -0.2) is 8.78 Å². The number of benzene rings is 1. The van der Waals surface area contributed by atoms with E-state index in [4.69, 9.17) is 0 Å². The van der Waals surface area contributed by atoms with Crippen LogP contribution in [0.3, 0.4) is 0 Å². The van der Waals surface area contributed by atoms with Gasteiger partial charge in [-0.05, 0) is 37.7 Å². The lowest BCUT2D eigenvalue weighted by molar-refractivity contribution is 0.398. The summed E-state index contributed by atoms with van der Waals surface area (Å²) in [5, 5.41) is 3.86. The molecule has 1 aromatic carbocycles. The third-order valence-electron chi connectivity index (χ3n) is 3.50. The summed E-state index contributed by atoms with van der Waals surface area (Å²) in [6, 6.07) is 4.07. The van der Waals surface area contributed by atoms with E-state index >= 15 is 0 Å². The van der Waals surface area contributed by atoms with E-state index in [1.54, 1.807) is 0 Å². The minimum atomic E-state index is -0.467. The molecule has 18 heavy (non-hydrogen) atoms. The Morgan fingerprint density at radius 2 is 2.00 bits per heavy atom. The smallest absolute Gasteiger partial charge is 0.130 e. The normalized spacial score (nSPS) is 26.0. The molecule has 0 bridgehead atoms. The summed E-state index contributed by atoms with van der Waals surface area (Å²) >= 11 is 1.92. The van der Waals surface area contributed by atoms with E-state index in [9.17, 15) is 8.78 Å². The van der Waals surface area contributed by atoms with Crippen LogP contribution in [0.5, 0.6) is 0 Å². The van der Waals surface area contributed by atoms with Crippen LogP contribution in [0, 0.1) is 11.6 Å². The lowest BCUT2D eigenvalue weighted by Crippen LogP contribution is -2.41. The lowest BCUT2D eigenvalue weighted by Gasteiger charge is -2.32. The first-order chi connectivity index (χ1) is 8.59. The van der Waals surface area contributed by atoms with Crippen LogP contribution in [0.25, 0.3) is 0 Å². The summed E-state index contributed by atoms with van der Waals surface area (Å²) in [6.45, 7) is 4.00. The van der Waals surface area contributed by atoms with Crippen LogP contribution >= 0.6 is 11.8 Å². The molecule has 1 N–H and O–H groups in total. The van der Waals surface area contributed by atoms with Crippen LogP contribution in [0.4, 0.5) is 8.78 Å². The van der Waals surface area contributed by atoms with Crippen molar-refractivity contribution in [3.8, 4) is 0 Å². The van der Waals surface area contributed by atoms with Gasteiger partial charge in [0.05, 0.1) is 0 Å². The molecule has 100 valence electrons. The van der Waals surface area contributed by atoms with E-state index in [0.29, 0.717) is 11.3 Å². The summed E-state index contributed by atoms with van der Waals surface area (Å²) in [4.78, 5) is 0. The molecule has 0 saturated carbocycles. The Balaban J connectivity index is 2.09. The van der Waals surface area contributed by atoms with Gasteiger partial charge in [-0.2, -0.15) is 11.8 Å². The lowest BCUT2D eigenvalue weighted by atomic mass is 10.0. The minimum Gasteiger partial charge on any atom is -0.306 e. The predicted molar refractivity (Wildman–Crippen MR) is 72.9 cm³/mol. The zero-order valence-corrected chi connectivity index (χ0v) is 11.6. The van der Waals surface area contributed by atoms with Crippen molar-refractivity contribution in [2.24, 2.45) is 0 Å². The van der Waals surface area contributed by atoms with Crippen molar-refractivity contribution in [3.05, 3.63) is 35.4 Å². The van der Waals surface area contributed by atoms with Crippen LogP contribution in [0.1, 0.15) is 38.3 Å². The fraction of sp³-hybridized carbons (Fsp3) is 0.571. The van der Waals surface area contributed by atoms with E-state index in [0.717, 1.165) is 6.42 Å². The molecule has 1 aromatic rings. The molecular weight excluding hydrogens is 252 g/mol. The summed E-state index contributed by atoms with van der Waals surface area (Å²) in [5.41, 5.74) is 0.153. The highest BCUT2D eigenvalue weighted by Crippen LogP contribution is 2.28. The van der Waals surface area contributed by atoms with Crippen molar-refractivity contribution in [1.29, 1.82) is 0 Å². The fourth-order valence-electron chi connectivity index (χ4n) is 2.47. The molecule has 1 aliphatic heterocycles. The average molecular weight is 271 g/mol. The van der Waals surface area contributed by atoms with Gasteiger partial charge >= 0.3 is 0 Å². The second-order valence-electron chi connectivity index (χ2n) is 4.85. The monoisotopic (exact) mass is 271 g/mol. The third-order valence-corrected chi connectivity index (χ3v) is 4.88. The topological polar surface area (TPSA) is 12.0 Å². The van der Waals surface area contributed by atoms with Crippen LogP contribution in [0.2, 0.25) is 0 Å². The quantitative estimate of drug-likeness (QED) is 0.895. The first-order valence-corrected chi connectivity index (χ1v) is 7.46. The Labute approximate surface area is 111 Å². The molecule has 2 rings (SSSR count). The van der Waals surface area contributed by atoms with Crippen molar-refractivity contribution >= 4 is 11.8 Å². The Morgan fingerprint density at radius 1 is 1.33 bits per heavy atom. The van der Waals surface area contributed by atoms with Gasteiger partial charge in [-0.3, -0.25) is 0 Å². The van der Waals surface area contributed by atoms with Gasteiger partial charge < -0.3 is 5.32 Å². The van der Waals surface area contributed by atoms with E-state index in [-0.39, 0.29) is 11.6 Å². The molecule has 1 heterocycles. The Bertz CT molecular complexity index is 391. The summed E-state index contributed by atoms with van der Waals surface area (Å²) < 4.78 is 27.3. The summed E-state index contributed by atoms with van der Waals surface area (Å²) in [7, 11) is 0. The van der Waals surface area contributed by atoms with E-state index in [1.807, 2.05) is 18.7 Å². The molecule has 1 nitrogen and oxygen atoms in total. The molecule has 4 heteroatoms. The molecule has 0 spiro atoms. The second-order valence-corrected chi connectivity index (χ2v) is 6.33. The van der Waals surface area contributed by atoms with Gasteiger partial charge in [0.2, 0.25) is 0 Å². The molecule has 0 amide bonds. The number of halogens is 2. The number of hydrogen-bond donors (Lipinski definition) is 1. The zero-order chi connectivity index (χ0) is 13.1. The first kappa shape index (κ1) is 13.8. The van der Waals surface area contributed by atoms with Gasteiger partial charge in [0.1, 0.15) is 11.6 Å². The summed E-state index contributed by atoms with van der Waals surface area (Å²) in [5.74, 6) is 0.249. The molecule has 1 aliphatic rings. The van der Waals surface area contributed by atoms with Gasteiger partial charge in [-0.1, -0.05) is 13.0 Å². The van der Waals surface area contributed by atoms with Crippen LogP contribution in [0.15, 0.2) is 18.2 Å². The van der Waals surface area contributed by atoms with Crippen molar-refractivity contribution in [3.63, 3.8) is 0 Å². The maximum absolute atomic E-state index is 13.7. The molecule has 0 aliphatic carbocycles. The van der Waals surface area contributed by atoms with Gasteiger partial charge in [0, 0.05) is 22.9 Å². The number of thioether (sulfide) groups is 1. The molecular formula is C14H19F2NS. The third kappa shape index (κ3) is 3.04. The fourth-order valence-corrected chi connectivity index (χ4v) is 3.62. The van der Waals surface area contributed by atoms with Gasteiger partial charge in [0.15, 0.2) is 0 Å². The van der Waals surface area contributed by atoms with Gasteiger partial charge in [0.25, 0.3) is 0 Å². The van der Waals surface area contributed by atoms with E-state index in [2.05, 4.69) is 12.2 Å². The summed E-state index contributed by atoms with van der Waals surface area (Å²) in [6.07, 6.45) is 2.24. The standard InChI is InChI=1S/C14H19F2NS/c1-9(14-11(15)5-3-6-12(14)16)17-13-7-4-8-18-10(13)2/h3,5-6,9-10,13,17H,4,7-8H2,1-2H3. The molecule has 3 unspecified atom stereocenters. The van der Waals surface area contributed by atoms with Crippen LogP contribution in [-0.4, -0.2) is 17.0 Å². The van der Waals surface area contributed by atoms with Crippen molar-refractivity contribution < 1.29 is 8.78 Å². The van der Waals surface area contributed by atoms with Crippen molar-refractivity contribution in [1.82, 2.24) is 5.32 Å². The second kappa shape index (κ2) is 6.02. The number of rotatable bonds is 3. The van der Waals surface area contributed by atoms with Crippen LogP contribution in [-0.2, 0) is 0 Å². The highest BCUT2D eigenvalue weighted by Gasteiger charge is 2.25. The molecule has 0 radical (unpaired) electrons. The van der Waals surface area contributed by atoms with Crippen LogP contribution < -0.4 is 5.32 Å². The Morgan fingerprint density at radius 3 is 2.61 bits per heavy atom. The highest BCUT2D eigenvalue weighted by molar-refractivity contribution is 7.99. The van der Waals surface area contributed by atoms with E-state index in [1.165, 1.54) is 30.4 Å². The SMILES string of the molecule is CC(NC1CCCSC1C)c1c(F)cccc1F.